The molecule has 0 radical (unpaired) electrons. The minimum Gasteiger partial charge on any atom is -0.203 e. The van der Waals surface area contributed by atoms with E-state index in [4.69, 9.17) is 0 Å². The van der Waals surface area contributed by atoms with Crippen LogP contribution in [0.25, 0.3) is 0 Å². The van der Waals surface area contributed by atoms with Gasteiger partial charge >= 0.3 is 0 Å². The van der Waals surface area contributed by atoms with Crippen molar-refractivity contribution >= 4 is 0 Å². The Morgan fingerprint density at radius 1 is 0.706 bits per heavy atom. The molecule has 2 saturated carbocycles. The number of halogens is 2. The largest absolute Gasteiger partial charge is 0.203 e. The van der Waals surface area contributed by atoms with Gasteiger partial charge in [-0.2, -0.15) is 0 Å². The highest BCUT2D eigenvalue weighted by Crippen LogP contribution is 2.49. The number of hydrogen-bond acceptors (Lipinski definition) is 0. The van der Waals surface area contributed by atoms with E-state index in [1.807, 2.05) is 0 Å². The van der Waals surface area contributed by atoms with Crippen LogP contribution in [-0.2, 0) is 12.8 Å². The maximum Gasteiger partial charge on any atom is 0.162 e. The minimum absolute atomic E-state index is 0.231. The number of aryl methyl sites for hydroxylation is 1. The van der Waals surface area contributed by atoms with E-state index >= 15 is 8.78 Å². The van der Waals surface area contributed by atoms with Crippen LogP contribution < -0.4 is 0 Å². The summed E-state index contributed by atoms with van der Waals surface area (Å²) in [6, 6.07) is 2.10. The van der Waals surface area contributed by atoms with E-state index in [-0.39, 0.29) is 5.92 Å². The zero-order valence-electron chi connectivity index (χ0n) is 22.2. The van der Waals surface area contributed by atoms with Crippen LogP contribution in [0.2, 0.25) is 0 Å². The second-order valence-electron chi connectivity index (χ2n) is 12.2. The van der Waals surface area contributed by atoms with E-state index in [2.05, 4.69) is 19.9 Å². The van der Waals surface area contributed by atoms with E-state index in [0.717, 1.165) is 61.0 Å². The Hall–Kier alpha value is -0.920. The Balaban J connectivity index is 1.34. The summed E-state index contributed by atoms with van der Waals surface area (Å²) in [5, 5.41) is 0. The molecule has 192 valence electrons. The molecular weight excluding hydrogens is 422 g/mol. The highest BCUT2D eigenvalue weighted by molar-refractivity contribution is 5.38. The summed E-state index contributed by atoms with van der Waals surface area (Å²) in [5.41, 5.74) is 2.56. The third kappa shape index (κ3) is 6.44. The average Bonchev–Trinajstić information content (AvgIpc) is 2.86. The van der Waals surface area contributed by atoms with Gasteiger partial charge in [-0.3, -0.25) is 0 Å². The lowest BCUT2D eigenvalue weighted by atomic mass is 9.63. The monoisotopic (exact) mass is 472 g/mol. The summed E-state index contributed by atoms with van der Waals surface area (Å²) in [7, 11) is 0. The molecule has 0 spiro atoms. The Bertz CT molecular complexity index is 769. The van der Waals surface area contributed by atoms with Crippen LogP contribution in [-0.4, -0.2) is 0 Å². The molecule has 0 bridgehead atoms. The lowest BCUT2D eigenvalue weighted by molar-refractivity contribution is 0.112. The van der Waals surface area contributed by atoms with Crippen molar-refractivity contribution in [2.75, 3.05) is 0 Å². The topological polar surface area (TPSA) is 0 Å². The third-order valence-electron chi connectivity index (χ3n) is 9.84. The molecule has 3 aliphatic rings. The first-order valence-electron chi connectivity index (χ1n) is 15.1. The smallest absolute Gasteiger partial charge is 0.162 e. The molecule has 0 aliphatic heterocycles. The molecule has 4 rings (SSSR count). The van der Waals surface area contributed by atoms with Crippen molar-refractivity contribution in [1.29, 1.82) is 0 Å². The second kappa shape index (κ2) is 12.9. The highest BCUT2D eigenvalue weighted by Gasteiger charge is 2.37. The molecule has 0 aromatic heterocycles. The first-order chi connectivity index (χ1) is 16.6. The molecule has 0 saturated heterocycles. The van der Waals surface area contributed by atoms with Crippen LogP contribution in [0.5, 0.6) is 0 Å². The SMILES string of the molecule is CCCCCCCC1CCc2cc(C3CCC4CC(CCCCC)CCC4C3)c(F)c(F)c2C1. The number of benzene rings is 1. The van der Waals surface area contributed by atoms with Gasteiger partial charge < -0.3 is 0 Å². The Morgan fingerprint density at radius 3 is 2.21 bits per heavy atom. The predicted molar refractivity (Wildman–Crippen MR) is 140 cm³/mol. The Kier molecular flexibility index (Phi) is 9.89. The quantitative estimate of drug-likeness (QED) is 0.281. The lowest BCUT2D eigenvalue weighted by Gasteiger charge is -2.42. The van der Waals surface area contributed by atoms with Gasteiger partial charge in [0.15, 0.2) is 11.6 Å². The summed E-state index contributed by atoms with van der Waals surface area (Å²) >= 11 is 0. The van der Waals surface area contributed by atoms with E-state index < -0.39 is 11.6 Å². The van der Waals surface area contributed by atoms with E-state index in [9.17, 15) is 0 Å². The maximum absolute atomic E-state index is 15.4. The van der Waals surface area contributed by atoms with Crippen molar-refractivity contribution in [3.8, 4) is 0 Å². The molecule has 0 nitrogen and oxygen atoms in total. The molecule has 2 heteroatoms. The van der Waals surface area contributed by atoms with Crippen molar-refractivity contribution in [3.05, 3.63) is 34.4 Å². The fourth-order valence-electron chi connectivity index (χ4n) is 7.73. The standard InChI is InChI=1S/C32H50F2/c1-3-5-7-8-10-12-24-14-16-28-22-30(32(34)31(33)29(28)20-24)27-18-17-25-19-23(11-9-6-4-2)13-15-26(25)21-27/h22-27H,3-21H2,1-2H3. The van der Waals surface area contributed by atoms with Gasteiger partial charge in [0.05, 0.1) is 0 Å². The van der Waals surface area contributed by atoms with Gasteiger partial charge in [0.2, 0.25) is 0 Å². The second-order valence-corrected chi connectivity index (χ2v) is 12.2. The molecule has 3 aliphatic carbocycles. The van der Waals surface area contributed by atoms with Crippen molar-refractivity contribution in [3.63, 3.8) is 0 Å². The van der Waals surface area contributed by atoms with Gasteiger partial charge in [0.25, 0.3) is 0 Å². The summed E-state index contributed by atoms with van der Waals surface area (Å²) in [5.74, 6) is 2.26. The van der Waals surface area contributed by atoms with Crippen molar-refractivity contribution in [1.82, 2.24) is 0 Å². The molecule has 0 amide bonds. The molecule has 1 aromatic carbocycles. The van der Waals surface area contributed by atoms with Crippen LogP contribution in [0.1, 0.15) is 146 Å². The Labute approximate surface area is 208 Å². The molecule has 2 fully saturated rings. The number of fused-ring (bicyclic) bond motifs is 2. The fourth-order valence-corrected chi connectivity index (χ4v) is 7.73. The van der Waals surface area contributed by atoms with Crippen molar-refractivity contribution in [2.45, 2.75) is 142 Å². The van der Waals surface area contributed by atoms with E-state index in [1.54, 1.807) is 0 Å². The van der Waals surface area contributed by atoms with Crippen molar-refractivity contribution < 1.29 is 8.78 Å². The highest BCUT2D eigenvalue weighted by atomic mass is 19.2. The number of unbranched alkanes of at least 4 members (excludes halogenated alkanes) is 6. The van der Waals surface area contributed by atoms with Crippen LogP contribution >= 0.6 is 0 Å². The third-order valence-corrected chi connectivity index (χ3v) is 9.84. The number of rotatable bonds is 11. The minimum atomic E-state index is -0.501. The van der Waals surface area contributed by atoms with E-state index in [1.165, 1.54) is 89.9 Å². The van der Waals surface area contributed by atoms with Crippen molar-refractivity contribution in [2.24, 2.45) is 23.7 Å². The molecule has 5 unspecified atom stereocenters. The van der Waals surface area contributed by atoms with E-state index in [0.29, 0.717) is 11.5 Å². The molecule has 5 atom stereocenters. The van der Waals surface area contributed by atoms with Gasteiger partial charge in [-0.05, 0) is 97.6 Å². The first kappa shape index (κ1) is 26.2. The maximum atomic E-state index is 15.4. The molecule has 34 heavy (non-hydrogen) atoms. The summed E-state index contributed by atoms with van der Waals surface area (Å²) < 4.78 is 30.7. The zero-order valence-corrected chi connectivity index (χ0v) is 22.2. The molecule has 1 aromatic rings. The zero-order chi connectivity index (χ0) is 23.9. The molecular formula is C32H50F2. The summed E-state index contributed by atoms with van der Waals surface area (Å²) in [6.45, 7) is 4.53. The average molecular weight is 473 g/mol. The van der Waals surface area contributed by atoms with Crippen LogP contribution in [0.4, 0.5) is 8.78 Å². The number of hydrogen-bond donors (Lipinski definition) is 0. The van der Waals surface area contributed by atoms with Crippen LogP contribution in [0.3, 0.4) is 0 Å². The van der Waals surface area contributed by atoms with Gasteiger partial charge in [0, 0.05) is 0 Å². The predicted octanol–water partition coefficient (Wildman–Crippen LogP) is 10.3. The Morgan fingerprint density at radius 2 is 1.38 bits per heavy atom. The first-order valence-corrected chi connectivity index (χ1v) is 15.1. The van der Waals surface area contributed by atoms with Gasteiger partial charge in [-0.1, -0.05) is 90.5 Å². The fraction of sp³-hybridized carbons (Fsp3) is 0.812. The lowest BCUT2D eigenvalue weighted by Crippen LogP contribution is -2.31. The van der Waals surface area contributed by atoms with Crippen LogP contribution in [0, 0.1) is 35.3 Å². The molecule has 0 N–H and O–H groups in total. The van der Waals surface area contributed by atoms with Gasteiger partial charge in [-0.15, -0.1) is 0 Å². The molecule has 0 heterocycles. The summed E-state index contributed by atoms with van der Waals surface area (Å²) in [4.78, 5) is 0. The van der Waals surface area contributed by atoms with Gasteiger partial charge in [0.1, 0.15) is 0 Å². The summed E-state index contributed by atoms with van der Waals surface area (Å²) in [6.07, 6.45) is 23.4. The normalized spacial score (nSPS) is 29.0. The van der Waals surface area contributed by atoms with Crippen LogP contribution in [0.15, 0.2) is 6.07 Å². The van der Waals surface area contributed by atoms with Gasteiger partial charge in [-0.25, -0.2) is 8.78 Å².